The first-order valence-electron chi connectivity index (χ1n) is 6.33. The van der Waals surface area contributed by atoms with E-state index in [1.165, 1.54) is 0 Å². The number of aromatic hydroxyl groups is 1. The number of piperazine rings is 1. The molecule has 0 bridgehead atoms. The van der Waals surface area contributed by atoms with Crippen LogP contribution in [0.4, 0.5) is 0 Å². The van der Waals surface area contributed by atoms with Crippen molar-refractivity contribution in [3.63, 3.8) is 0 Å². The molecule has 98 valence electrons. The summed E-state index contributed by atoms with van der Waals surface area (Å²) in [7, 11) is 0. The molecule has 0 radical (unpaired) electrons. The van der Waals surface area contributed by atoms with Crippen LogP contribution in [0.3, 0.4) is 0 Å². The first kappa shape index (κ1) is 12.9. The fourth-order valence-corrected chi connectivity index (χ4v) is 2.49. The maximum absolute atomic E-state index is 12.5. The van der Waals surface area contributed by atoms with E-state index < -0.39 is 0 Å². The van der Waals surface area contributed by atoms with Gasteiger partial charge < -0.3 is 15.3 Å². The van der Waals surface area contributed by atoms with Gasteiger partial charge in [-0.2, -0.15) is 0 Å². The fourth-order valence-electron chi connectivity index (χ4n) is 2.49. The molecule has 1 aliphatic rings. The van der Waals surface area contributed by atoms with Crippen molar-refractivity contribution in [3.8, 4) is 5.75 Å². The molecule has 4 heteroatoms. The molecule has 2 N–H and O–H groups in total. The van der Waals surface area contributed by atoms with E-state index in [-0.39, 0.29) is 23.7 Å². The largest absolute Gasteiger partial charge is 0.507 e. The lowest BCUT2D eigenvalue weighted by Crippen LogP contribution is -2.57. The van der Waals surface area contributed by atoms with Gasteiger partial charge in [-0.15, -0.1) is 0 Å². The summed E-state index contributed by atoms with van der Waals surface area (Å²) in [6.07, 6.45) is 0. The molecule has 1 aromatic rings. The summed E-state index contributed by atoms with van der Waals surface area (Å²) >= 11 is 0. The van der Waals surface area contributed by atoms with Crippen LogP contribution in [-0.2, 0) is 0 Å². The SMILES string of the molecule is Cc1ccc(O)c(C(=O)N2C(C)CNCC2C)c1. The minimum absolute atomic E-state index is 0.0588. The zero-order chi connectivity index (χ0) is 13.3. The average Bonchev–Trinajstić information content (AvgIpc) is 2.32. The zero-order valence-electron chi connectivity index (χ0n) is 11.1. The third-order valence-electron chi connectivity index (χ3n) is 3.45. The molecule has 0 spiro atoms. The van der Waals surface area contributed by atoms with Crippen LogP contribution in [0.15, 0.2) is 18.2 Å². The van der Waals surface area contributed by atoms with Crippen molar-refractivity contribution in [1.82, 2.24) is 10.2 Å². The number of hydrogen-bond donors (Lipinski definition) is 2. The number of benzene rings is 1. The molecule has 2 rings (SSSR count). The number of nitrogens with zero attached hydrogens (tertiary/aromatic N) is 1. The Balaban J connectivity index is 2.32. The van der Waals surface area contributed by atoms with Gasteiger partial charge in [0.15, 0.2) is 0 Å². The van der Waals surface area contributed by atoms with E-state index >= 15 is 0 Å². The van der Waals surface area contributed by atoms with Crippen LogP contribution >= 0.6 is 0 Å². The summed E-state index contributed by atoms with van der Waals surface area (Å²) in [4.78, 5) is 14.4. The summed E-state index contributed by atoms with van der Waals surface area (Å²) < 4.78 is 0. The monoisotopic (exact) mass is 248 g/mol. The van der Waals surface area contributed by atoms with Crippen LogP contribution in [0.1, 0.15) is 29.8 Å². The van der Waals surface area contributed by atoms with E-state index in [0.29, 0.717) is 5.56 Å². The second-order valence-corrected chi connectivity index (χ2v) is 5.09. The molecular formula is C14H20N2O2. The summed E-state index contributed by atoms with van der Waals surface area (Å²) in [5.41, 5.74) is 1.38. The Morgan fingerprint density at radius 1 is 1.33 bits per heavy atom. The Kier molecular flexibility index (Phi) is 3.57. The molecule has 1 amide bonds. The van der Waals surface area contributed by atoms with Crippen LogP contribution in [-0.4, -0.2) is 41.1 Å². The van der Waals surface area contributed by atoms with Gasteiger partial charge in [-0.3, -0.25) is 4.79 Å². The minimum atomic E-state index is -0.0855. The standard InChI is InChI=1S/C14H20N2O2/c1-9-4-5-13(17)12(6-9)14(18)16-10(2)7-15-8-11(16)3/h4-6,10-11,15,17H,7-8H2,1-3H3. The lowest BCUT2D eigenvalue weighted by atomic mass is 10.0. The van der Waals surface area contributed by atoms with E-state index in [2.05, 4.69) is 5.32 Å². The number of nitrogens with one attached hydrogen (secondary N) is 1. The molecule has 4 nitrogen and oxygen atoms in total. The van der Waals surface area contributed by atoms with Gasteiger partial charge in [0.05, 0.1) is 5.56 Å². The van der Waals surface area contributed by atoms with Crippen molar-refractivity contribution in [2.45, 2.75) is 32.9 Å². The van der Waals surface area contributed by atoms with E-state index in [9.17, 15) is 9.90 Å². The van der Waals surface area contributed by atoms with Crippen LogP contribution in [0.25, 0.3) is 0 Å². The van der Waals surface area contributed by atoms with Gasteiger partial charge in [-0.25, -0.2) is 0 Å². The first-order valence-corrected chi connectivity index (χ1v) is 6.33. The van der Waals surface area contributed by atoms with Gasteiger partial charge in [0, 0.05) is 25.2 Å². The highest BCUT2D eigenvalue weighted by Crippen LogP contribution is 2.23. The van der Waals surface area contributed by atoms with E-state index in [4.69, 9.17) is 0 Å². The topological polar surface area (TPSA) is 52.6 Å². The molecule has 0 saturated carbocycles. The van der Waals surface area contributed by atoms with Crippen LogP contribution in [0.2, 0.25) is 0 Å². The highest BCUT2D eigenvalue weighted by molar-refractivity contribution is 5.97. The number of phenols is 1. The quantitative estimate of drug-likeness (QED) is 0.792. The van der Waals surface area contributed by atoms with E-state index in [1.54, 1.807) is 18.2 Å². The predicted octanol–water partition coefficient (Wildman–Crippen LogP) is 1.52. The van der Waals surface area contributed by atoms with Crippen molar-refractivity contribution < 1.29 is 9.90 Å². The Morgan fingerprint density at radius 3 is 2.56 bits per heavy atom. The second-order valence-electron chi connectivity index (χ2n) is 5.09. The maximum atomic E-state index is 12.5. The number of hydrogen-bond acceptors (Lipinski definition) is 3. The number of carbonyl (C=O) groups is 1. The van der Waals surface area contributed by atoms with Crippen molar-refractivity contribution in [1.29, 1.82) is 0 Å². The fraction of sp³-hybridized carbons (Fsp3) is 0.500. The summed E-state index contributed by atoms with van der Waals surface area (Å²) in [5, 5.41) is 13.1. The number of phenolic OH excluding ortho intramolecular Hbond substituents is 1. The normalized spacial score (nSPS) is 24.1. The van der Waals surface area contributed by atoms with Crippen molar-refractivity contribution >= 4 is 5.91 Å². The Hall–Kier alpha value is -1.55. The van der Waals surface area contributed by atoms with E-state index in [1.807, 2.05) is 25.7 Å². The van der Waals surface area contributed by atoms with Gasteiger partial charge in [0.25, 0.3) is 5.91 Å². The number of carbonyl (C=O) groups excluding carboxylic acids is 1. The molecule has 0 aromatic heterocycles. The van der Waals surface area contributed by atoms with Crippen molar-refractivity contribution in [3.05, 3.63) is 29.3 Å². The van der Waals surface area contributed by atoms with Gasteiger partial charge >= 0.3 is 0 Å². The third-order valence-corrected chi connectivity index (χ3v) is 3.45. The lowest BCUT2D eigenvalue weighted by Gasteiger charge is -2.39. The Labute approximate surface area is 108 Å². The van der Waals surface area contributed by atoms with Crippen LogP contribution < -0.4 is 5.32 Å². The minimum Gasteiger partial charge on any atom is -0.507 e. The van der Waals surface area contributed by atoms with Crippen molar-refractivity contribution in [2.75, 3.05) is 13.1 Å². The van der Waals surface area contributed by atoms with Crippen molar-refractivity contribution in [2.24, 2.45) is 0 Å². The molecule has 18 heavy (non-hydrogen) atoms. The molecule has 1 aliphatic heterocycles. The highest BCUT2D eigenvalue weighted by Gasteiger charge is 2.30. The first-order chi connectivity index (χ1) is 8.50. The maximum Gasteiger partial charge on any atom is 0.258 e. The molecule has 1 fully saturated rings. The molecular weight excluding hydrogens is 228 g/mol. The number of rotatable bonds is 1. The molecule has 2 atom stereocenters. The van der Waals surface area contributed by atoms with Gasteiger partial charge in [0.2, 0.25) is 0 Å². The number of aryl methyl sites for hydroxylation is 1. The molecule has 1 heterocycles. The third kappa shape index (κ3) is 2.34. The summed E-state index contributed by atoms with van der Waals surface area (Å²) in [6.45, 7) is 7.55. The average molecular weight is 248 g/mol. The van der Waals surface area contributed by atoms with Crippen LogP contribution in [0.5, 0.6) is 5.75 Å². The van der Waals surface area contributed by atoms with Gasteiger partial charge in [0.1, 0.15) is 5.75 Å². The second kappa shape index (κ2) is 4.98. The zero-order valence-corrected chi connectivity index (χ0v) is 11.1. The van der Waals surface area contributed by atoms with Crippen LogP contribution in [0, 0.1) is 6.92 Å². The van der Waals surface area contributed by atoms with Gasteiger partial charge in [-0.05, 0) is 32.9 Å². The number of amides is 1. The smallest absolute Gasteiger partial charge is 0.258 e. The molecule has 0 aliphatic carbocycles. The lowest BCUT2D eigenvalue weighted by molar-refractivity contribution is 0.0541. The summed E-state index contributed by atoms with van der Waals surface area (Å²) in [6, 6.07) is 5.41. The highest BCUT2D eigenvalue weighted by atomic mass is 16.3. The predicted molar refractivity (Wildman–Crippen MR) is 70.8 cm³/mol. The Morgan fingerprint density at radius 2 is 1.94 bits per heavy atom. The van der Waals surface area contributed by atoms with E-state index in [0.717, 1.165) is 18.7 Å². The van der Waals surface area contributed by atoms with Gasteiger partial charge in [-0.1, -0.05) is 11.6 Å². The molecule has 1 saturated heterocycles. The Bertz CT molecular complexity index is 449. The molecule has 2 unspecified atom stereocenters. The molecule has 1 aromatic carbocycles. The summed E-state index contributed by atoms with van der Waals surface area (Å²) in [5.74, 6) is -0.0266.